The summed E-state index contributed by atoms with van der Waals surface area (Å²) < 4.78 is 10.1. The highest BCUT2D eigenvalue weighted by atomic mass is 16.5. The van der Waals surface area contributed by atoms with Crippen LogP contribution in [-0.2, 0) is 16.1 Å². The molecule has 0 heterocycles. The second-order valence-electron chi connectivity index (χ2n) is 5.30. The van der Waals surface area contributed by atoms with Crippen molar-refractivity contribution in [2.75, 3.05) is 7.11 Å². The minimum atomic E-state index is -1.20. The van der Waals surface area contributed by atoms with Crippen LogP contribution in [0.3, 0.4) is 0 Å². The number of alkyl carbamates (subject to hydrolysis) is 1. The third-order valence-corrected chi connectivity index (χ3v) is 4.27. The van der Waals surface area contributed by atoms with Gasteiger partial charge in [0.2, 0.25) is 0 Å². The Hall–Kier alpha value is -2.24. The van der Waals surface area contributed by atoms with Gasteiger partial charge >= 0.3 is 12.1 Å². The lowest BCUT2D eigenvalue weighted by Crippen LogP contribution is -2.46. The van der Waals surface area contributed by atoms with E-state index in [0.717, 1.165) is 5.56 Å². The van der Waals surface area contributed by atoms with Crippen molar-refractivity contribution in [2.45, 2.75) is 26.0 Å². The first-order valence-electron chi connectivity index (χ1n) is 6.73. The zero-order valence-electron chi connectivity index (χ0n) is 12.3. The Kier molecular flexibility index (Phi) is 4.06. The van der Waals surface area contributed by atoms with Gasteiger partial charge < -0.3 is 19.9 Å². The molecule has 1 amide bonds. The van der Waals surface area contributed by atoms with Gasteiger partial charge in [0, 0.05) is 0 Å². The van der Waals surface area contributed by atoms with E-state index in [1.807, 2.05) is 0 Å². The number of amides is 1. The zero-order valence-corrected chi connectivity index (χ0v) is 12.3. The minimum absolute atomic E-state index is 0.0777. The smallest absolute Gasteiger partial charge is 0.408 e. The van der Waals surface area contributed by atoms with Gasteiger partial charge in [-0.2, -0.15) is 0 Å². The Morgan fingerprint density at radius 3 is 2.24 bits per heavy atom. The van der Waals surface area contributed by atoms with E-state index in [-0.39, 0.29) is 18.4 Å². The van der Waals surface area contributed by atoms with Crippen molar-refractivity contribution in [1.29, 1.82) is 0 Å². The summed E-state index contributed by atoms with van der Waals surface area (Å²) in [5.41, 5.74) is -0.399. The maximum Gasteiger partial charge on any atom is 0.408 e. The summed E-state index contributed by atoms with van der Waals surface area (Å²) in [6.45, 7) is 3.67. The maximum atomic E-state index is 11.8. The van der Waals surface area contributed by atoms with Crippen molar-refractivity contribution >= 4 is 12.1 Å². The Morgan fingerprint density at radius 2 is 1.81 bits per heavy atom. The molecular weight excluding hydrogens is 274 g/mol. The lowest BCUT2D eigenvalue weighted by atomic mass is 10.2. The molecule has 1 aromatic rings. The van der Waals surface area contributed by atoms with Gasteiger partial charge in [0.05, 0.1) is 7.11 Å². The molecule has 1 aromatic carbocycles. The molecule has 21 heavy (non-hydrogen) atoms. The number of nitrogens with one attached hydrogen (secondary N) is 1. The number of benzene rings is 1. The monoisotopic (exact) mass is 293 g/mol. The summed E-state index contributed by atoms with van der Waals surface area (Å²) >= 11 is 0. The molecule has 1 fully saturated rings. The quantitative estimate of drug-likeness (QED) is 0.867. The molecule has 0 spiro atoms. The fourth-order valence-electron chi connectivity index (χ4n) is 2.52. The average Bonchev–Trinajstić information content (AvgIpc) is 3.00. The number of ether oxygens (including phenoxy) is 2. The van der Waals surface area contributed by atoms with E-state index in [2.05, 4.69) is 5.32 Å². The fraction of sp³-hybridized carbons (Fsp3) is 0.467. The van der Waals surface area contributed by atoms with Crippen molar-refractivity contribution in [3.8, 4) is 5.75 Å². The van der Waals surface area contributed by atoms with Crippen molar-refractivity contribution < 1.29 is 24.2 Å². The summed E-state index contributed by atoms with van der Waals surface area (Å²) in [6, 6.07) is 7.09. The highest BCUT2D eigenvalue weighted by Gasteiger charge is 2.66. The molecule has 0 aliphatic heterocycles. The van der Waals surface area contributed by atoms with Gasteiger partial charge in [-0.05, 0) is 29.5 Å². The molecule has 6 heteroatoms. The number of hydrogen-bond acceptors (Lipinski definition) is 4. The Bertz CT molecular complexity index is 531. The lowest BCUT2D eigenvalue weighted by Gasteiger charge is -2.15. The fourth-order valence-corrected chi connectivity index (χ4v) is 2.52. The molecule has 2 atom stereocenters. The van der Waals surface area contributed by atoms with Crippen LogP contribution in [0.4, 0.5) is 4.79 Å². The van der Waals surface area contributed by atoms with Crippen LogP contribution in [0.2, 0.25) is 0 Å². The standard InChI is InChI=1S/C15H19NO5/c1-9-10(2)15(9,13(17)18)16-14(19)21-8-11-4-6-12(20-3)7-5-11/h4-7,9-10H,8H2,1-3H3,(H,16,19)(H,17,18). The predicted octanol–water partition coefficient (Wildman–Crippen LogP) is 2.03. The largest absolute Gasteiger partial charge is 0.497 e. The summed E-state index contributed by atoms with van der Waals surface area (Å²) in [6.07, 6.45) is -0.718. The first-order valence-corrected chi connectivity index (χ1v) is 6.73. The summed E-state index contributed by atoms with van der Waals surface area (Å²) in [5, 5.41) is 11.7. The van der Waals surface area contributed by atoms with E-state index in [9.17, 15) is 14.7 Å². The molecule has 0 radical (unpaired) electrons. The van der Waals surface area contributed by atoms with E-state index in [1.165, 1.54) is 0 Å². The number of aliphatic carboxylic acids is 1. The molecule has 0 bridgehead atoms. The number of carbonyl (C=O) groups is 2. The Balaban J connectivity index is 1.89. The van der Waals surface area contributed by atoms with Crippen LogP contribution in [0.5, 0.6) is 5.75 Å². The molecular formula is C15H19NO5. The van der Waals surface area contributed by atoms with Crippen molar-refractivity contribution in [2.24, 2.45) is 11.8 Å². The third kappa shape index (κ3) is 2.79. The molecule has 2 unspecified atom stereocenters. The molecule has 1 saturated carbocycles. The minimum Gasteiger partial charge on any atom is -0.497 e. The summed E-state index contributed by atoms with van der Waals surface area (Å²) in [5.74, 6) is -0.523. The normalized spacial score (nSPS) is 26.8. The van der Waals surface area contributed by atoms with Crippen molar-refractivity contribution in [3.63, 3.8) is 0 Å². The van der Waals surface area contributed by atoms with Crippen LogP contribution < -0.4 is 10.1 Å². The summed E-state index contributed by atoms with van der Waals surface area (Å²) in [7, 11) is 1.57. The van der Waals surface area contributed by atoms with Crippen molar-refractivity contribution in [1.82, 2.24) is 5.32 Å². The van der Waals surface area contributed by atoms with Crippen LogP contribution in [0.1, 0.15) is 19.4 Å². The van der Waals surface area contributed by atoms with Crippen LogP contribution in [-0.4, -0.2) is 29.8 Å². The molecule has 1 aliphatic carbocycles. The molecule has 0 saturated heterocycles. The first-order chi connectivity index (χ1) is 9.91. The zero-order chi connectivity index (χ0) is 15.6. The second-order valence-corrected chi connectivity index (χ2v) is 5.30. The van der Waals surface area contributed by atoms with Crippen LogP contribution in [0.15, 0.2) is 24.3 Å². The van der Waals surface area contributed by atoms with E-state index >= 15 is 0 Å². The Labute approximate surface area is 123 Å². The van der Waals surface area contributed by atoms with E-state index < -0.39 is 17.6 Å². The van der Waals surface area contributed by atoms with Crippen LogP contribution in [0, 0.1) is 11.8 Å². The second kappa shape index (κ2) is 5.63. The molecule has 1 aliphatic rings. The van der Waals surface area contributed by atoms with Gasteiger partial charge in [-0.25, -0.2) is 9.59 Å². The van der Waals surface area contributed by atoms with Gasteiger partial charge in [-0.1, -0.05) is 26.0 Å². The summed E-state index contributed by atoms with van der Waals surface area (Å²) in [4.78, 5) is 23.1. The van der Waals surface area contributed by atoms with Crippen LogP contribution in [0.25, 0.3) is 0 Å². The van der Waals surface area contributed by atoms with Gasteiger partial charge in [0.15, 0.2) is 0 Å². The molecule has 6 nitrogen and oxygen atoms in total. The first kappa shape index (κ1) is 15.2. The number of rotatable bonds is 5. The number of hydrogen-bond donors (Lipinski definition) is 2. The average molecular weight is 293 g/mol. The molecule has 2 N–H and O–H groups in total. The van der Waals surface area contributed by atoms with Gasteiger partial charge in [0.1, 0.15) is 17.9 Å². The van der Waals surface area contributed by atoms with Gasteiger partial charge in [0.25, 0.3) is 0 Å². The van der Waals surface area contributed by atoms with Crippen LogP contribution >= 0.6 is 0 Å². The lowest BCUT2D eigenvalue weighted by molar-refractivity contribution is -0.141. The number of carboxylic acids is 1. The molecule has 2 rings (SSSR count). The third-order valence-electron chi connectivity index (χ3n) is 4.27. The highest BCUT2D eigenvalue weighted by Crippen LogP contribution is 2.50. The van der Waals surface area contributed by atoms with E-state index in [1.54, 1.807) is 45.2 Å². The SMILES string of the molecule is COc1ccc(COC(=O)NC2(C(=O)O)C(C)C2C)cc1. The number of methoxy groups -OCH3 is 1. The van der Waals surface area contributed by atoms with E-state index in [0.29, 0.717) is 5.75 Å². The topological polar surface area (TPSA) is 84.9 Å². The highest BCUT2D eigenvalue weighted by molar-refractivity contribution is 5.88. The van der Waals surface area contributed by atoms with E-state index in [4.69, 9.17) is 9.47 Å². The molecule has 114 valence electrons. The van der Waals surface area contributed by atoms with Gasteiger partial charge in [-0.3, -0.25) is 0 Å². The van der Waals surface area contributed by atoms with Gasteiger partial charge in [-0.15, -0.1) is 0 Å². The maximum absolute atomic E-state index is 11.8. The molecule has 0 aromatic heterocycles. The number of carboxylic acid groups (broad SMARTS) is 1. The Morgan fingerprint density at radius 1 is 1.24 bits per heavy atom. The van der Waals surface area contributed by atoms with Crippen molar-refractivity contribution in [3.05, 3.63) is 29.8 Å². The number of carbonyl (C=O) groups excluding carboxylic acids is 1. The predicted molar refractivity (Wildman–Crippen MR) is 75.0 cm³/mol.